The van der Waals surface area contributed by atoms with Crippen LogP contribution in [0.2, 0.25) is 0 Å². The third kappa shape index (κ3) is 2.46. The van der Waals surface area contributed by atoms with Gasteiger partial charge in [0.05, 0.1) is 0 Å². The average Bonchev–Trinajstić information content (AvgIpc) is 3.09. The van der Waals surface area contributed by atoms with E-state index in [2.05, 4.69) is 55.7 Å². The van der Waals surface area contributed by atoms with Gasteiger partial charge in [-0.25, -0.2) is 0 Å². The van der Waals surface area contributed by atoms with E-state index in [1.165, 1.54) is 32.1 Å². The van der Waals surface area contributed by atoms with E-state index in [1.54, 1.807) is 11.1 Å². The molecule has 3 aliphatic carbocycles. The van der Waals surface area contributed by atoms with Gasteiger partial charge in [-0.1, -0.05) is 45.0 Å². The van der Waals surface area contributed by atoms with Crippen molar-refractivity contribution in [2.75, 3.05) is 13.1 Å². The van der Waals surface area contributed by atoms with E-state index >= 15 is 0 Å². The van der Waals surface area contributed by atoms with E-state index < -0.39 is 0 Å². The topological polar surface area (TPSA) is 24.1 Å². The zero-order valence-corrected chi connectivity index (χ0v) is 15.0. The predicted molar refractivity (Wildman–Crippen MR) is 96.7 cm³/mol. The minimum absolute atomic E-state index is 0.501. The summed E-state index contributed by atoms with van der Waals surface area (Å²) in [6, 6.07) is 10.3. The smallest absolute Gasteiger partial charge is 0.0149 e. The molecule has 0 heterocycles. The predicted octanol–water partition coefficient (Wildman–Crippen LogP) is 3.55. The lowest BCUT2D eigenvalue weighted by molar-refractivity contribution is 0.121. The fourth-order valence-electron chi connectivity index (χ4n) is 5.74. The number of rotatable bonds is 5. The second-order valence-corrected chi connectivity index (χ2v) is 8.95. The fraction of sp³-hybridized carbons (Fsp3) is 0.714. The molecule has 1 aromatic carbocycles. The Labute approximate surface area is 141 Å². The van der Waals surface area contributed by atoms with Crippen molar-refractivity contribution in [2.45, 2.75) is 65.0 Å². The highest BCUT2D eigenvalue weighted by molar-refractivity contribution is 5.33. The third-order valence-electron chi connectivity index (χ3n) is 7.79. The molecule has 0 aromatic heterocycles. The summed E-state index contributed by atoms with van der Waals surface area (Å²) >= 11 is 0. The molecule has 2 N–H and O–H groups in total. The van der Waals surface area contributed by atoms with Crippen molar-refractivity contribution >= 4 is 0 Å². The van der Waals surface area contributed by atoms with Crippen LogP contribution in [-0.2, 0) is 12.8 Å². The summed E-state index contributed by atoms with van der Waals surface area (Å²) in [4.78, 5) is 0. The summed E-state index contributed by atoms with van der Waals surface area (Å²) in [6.45, 7) is 9.73. The summed E-state index contributed by atoms with van der Waals surface area (Å²) in [6.07, 6.45) is 6.64. The molecule has 0 spiro atoms. The van der Waals surface area contributed by atoms with Crippen LogP contribution >= 0.6 is 0 Å². The van der Waals surface area contributed by atoms with Crippen LogP contribution in [0.4, 0.5) is 0 Å². The quantitative estimate of drug-likeness (QED) is 0.813. The van der Waals surface area contributed by atoms with Crippen LogP contribution in [0.15, 0.2) is 24.3 Å². The molecule has 2 heteroatoms. The first kappa shape index (κ1) is 15.7. The van der Waals surface area contributed by atoms with Gasteiger partial charge in [0.1, 0.15) is 0 Å². The van der Waals surface area contributed by atoms with Crippen molar-refractivity contribution in [3.8, 4) is 0 Å². The fourth-order valence-corrected chi connectivity index (χ4v) is 5.74. The van der Waals surface area contributed by atoms with E-state index in [9.17, 15) is 0 Å². The summed E-state index contributed by atoms with van der Waals surface area (Å²) < 4.78 is 0. The molecule has 2 saturated carbocycles. The van der Waals surface area contributed by atoms with Crippen LogP contribution in [0.5, 0.6) is 0 Å². The maximum Gasteiger partial charge on any atom is 0.0149 e. The summed E-state index contributed by atoms with van der Waals surface area (Å²) in [5.41, 5.74) is 4.10. The Balaban J connectivity index is 1.24. The molecule has 0 amide bonds. The van der Waals surface area contributed by atoms with Crippen molar-refractivity contribution in [3.63, 3.8) is 0 Å². The van der Waals surface area contributed by atoms with Gasteiger partial charge in [0.2, 0.25) is 0 Å². The minimum Gasteiger partial charge on any atom is -0.312 e. The Morgan fingerprint density at radius 3 is 2.22 bits per heavy atom. The number of hydrogen-bond donors (Lipinski definition) is 2. The van der Waals surface area contributed by atoms with Crippen LogP contribution in [0, 0.1) is 16.7 Å². The minimum atomic E-state index is 0.501. The summed E-state index contributed by atoms with van der Waals surface area (Å²) in [7, 11) is 0. The number of fused-ring (bicyclic) bond motifs is 3. The number of nitrogens with one attached hydrogen (secondary N) is 2. The largest absolute Gasteiger partial charge is 0.312 e. The van der Waals surface area contributed by atoms with Crippen LogP contribution < -0.4 is 10.6 Å². The Bertz CT molecular complexity index is 554. The van der Waals surface area contributed by atoms with Gasteiger partial charge in [-0.15, -0.1) is 0 Å². The van der Waals surface area contributed by atoms with Gasteiger partial charge < -0.3 is 10.6 Å². The zero-order chi connectivity index (χ0) is 16.1. The van der Waals surface area contributed by atoms with E-state index in [-0.39, 0.29) is 0 Å². The first-order valence-electron chi connectivity index (χ1n) is 9.54. The van der Waals surface area contributed by atoms with Gasteiger partial charge in [0.15, 0.2) is 0 Å². The van der Waals surface area contributed by atoms with Crippen LogP contribution in [-0.4, -0.2) is 25.2 Å². The van der Waals surface area contributed by atoms with Gasteiger partial charge in [-0.3, -0.25) is 0 Å². The zero-order valence-electron chi connectivity index (χ0n) is 15.0. The van der Waals surface area contributed by atoms with E-state index in [0.29, 0.717) is 16.9 Å². The number of hydrogen-bond acceptors (Lipinski definition) is 2. The van der Waals surface area contributed by atoms with Crippen LogP contribution in [0.1, 0.15) is 51.2 Å². The van der Waals surface area contributed by atoms with Gasteiger partial charge in [-0.2, -0.15) is 0 Å². The highest BCUT2D eigenvalue weighted by Gasteiger charge is 2.60. The van der Waals surface area contributed by atoms with Crippen molar-refractivity contribution < 1.29 is 0 Å². The lowest BCUT2D eigenvalue weighted by atomic mass is 9.69. The van der Waals surface area contributed by atoms with E-state index in [4.69, 9.17) is 0 Å². The van der Waals surface area contributed by atoms with Gasteiger partial charge in [0, 0.05) is 25.2 Å². The Morgan fingerprint density at radius 1 is 1.00 bits per heavy atom. The van der Waals surface area contributed by atoms with Gasteiger partial charge in [-0.05, 0) is 60.0 Å². The molecule has 23 heavy (non-hydrogen) atoms. The Hall–Kier alpha value is -0.860. The van der Waals surface area contributed by atoms with Crippen LogP contribution in [0.25, 0.3) is 0 Å². The molecular formula is C21H32N2. The second-order valence-electron chi connectivity index (χ2n) is 8.95. The molecule has 4 rings (SSSR count). The molecule has 0 saturated heterocycles. The van der Waals surface area contributed by atoms with Crippen molar-refractivity contribution in [1.82, 2.24) is 10.6 Å². The summed E-state index contributed by atoms with van der Waals surface area (Å²) in [5, 5.41) is 7.66. The molecule has 126 valence electrons. The standard InChI is InChI=1S/C21H32N2/c1-20(2)17-8-9-21(20,3)19(14-17)23-11-10-22-18-12-15-6-4-5-7-16(15)13-18/h4-7,17-19,22-23H,8-14H2,1-3H3/t17-,19+,21+/m1/s1. The van der Waals surface area contributed by atoms with E-state index in [1.807, 2.05) is 0 Å². The molecular weight excluding hydrogens is 280 g/mol. The first-order valence-corrected chi connectivity index (χ1v) is 9.54. The Morgan fingerprint density at radius 2 is 1.65 bits per heavy atom. The molecule has 0 aliphatic heterocycles. The monoisotopic (exact) mass is 312 g/mol. The van der Waals surface area contributed by atoms with Crippen molar-refractivity contribution in [1.29, 1.82) is 0 Å². The summed E-state index contributed by atoms with van der Waals surface area (Å²) in [5.74, 6) is 0.933. The van der Waals surface area contributed by atoms with E-state index in [0.717, 1.165) is 25.0 Å². The maximum atomic E-state index is 3.89. The highest BCUT2D eigenvalue weighted by atomic mass is 15.0. The Kier molecular flexibility index (Phi) is 3.81. The number of benzene rings is 1. The molecule has 0 unspecified atom stereocenters. The second kappa shape index (κ2) is 5.60. The SMILES string of the molecule is CC1(C)[C@@H]2CC[C@@]1(C)[C@@H](NCCNC1Cc3ccccc3C1)C2. The van der Waals surface area contributed by atoms with Crippen molar-refractivity contribution in [2.24, 2.45) is 16.7 Å². The molecule has 2 nitrogen and oxygen atoms in total. The lowest BCUT2D eigenvalue weighted by Gasteiger charge is -2.39. The molecule has 0 radical (unpaired) electrons. The first-order chi connectivity index (χ1) is 11.0. The highest BCUT2D eigenvalue weighted by Crippen LogP contribution is 2.65. The van der Waals surface area contributed by atoms with Crippen LogP contribution in [0.3, 0.4) is 0 Å². The van der Waals surface area contributed by atoms with Gasteiger partial charge >= 0.3 is 0 Å². The normalized spacial score (nSPS) is 34.9. The van der Waals surface area contributed by atoms with Crippen molar-refractivity contribution in [3.05, 3.63) is 35.4 Å². The molecule has 2 fully saturated rings. The average molecular weight is 313 g/mol. The van der Waals surface area contributed by atoms with Gasteiger partial charge in [0.25, 0.3) is 0 Å². The molecule has 3 aliphatic rings. The maximum absolute atomic E-state index is 3.89. The lowest BCUT2D eigenvalue weighted by Crippen LogP contribution is -2.47. The third-order valence-corrected chi connectivity index (χ3v) is 7.79. The molecule has 1 aromatic rings. The molecule has 3 atom stereocenters. The molecule has 2 bridgehead atoms.